The number of ether oxygens (including phenoxy) is 3. The highest BCUT2D eigenvalue weighted by Gasteiger charge is 2.17. The maximum Gasteiger partial charge on any atom is 0.305 e. The van der Waals surface area contributed by atoms with Crippen LogP contribution in [0.15, 0.2) is 6.07 Å². The molecular formula is C13H14N2O5S. The summed E-state index contributed by atoms with van der Waals surface area (Å²) in [7, 11) is 4.27. The summed E-state index contributed by atoms with van der Waals surface area (Å²) in [5, 5.41) is 0.303. The lowest BCUT2D eigenvalue weighted by atomic mass is 10.2. The lowest BCUT2D eigenvalue weighted by Gasteiger charge is -2.04. The summed E-state index contributed by atoms with van der Waals surface area (Å²) >= 11 is 1.20. The quantitative estimate of drug-likeness (QED) is 0.594. The van der Waals surface area contributed by atoms with Gasteiger partial charge in [0.2, 0.25) is 0 Å². The molecule has 0 fully saturated rings. The first kappa shape index (κ1) is 15.2. The molecule has 0 radical (unpaired) electrons. The molecule has 21 heavy (non-hydrogen) atoms. The highest BCUT2D eigenvalue weighted by molar-refractivity contribution is 7.20. The van der Waals surface area contributed by atoms with Gasteiger partial charge in [0.05, 0.1) is 32.5 Å². The van der Waals surface area contributed by atoms with Crippen LogP contribution < -0.4 is 9.47 Å². The molecule has 0 atom stereocenters. The number of pyridine rings is 1. The maximum atomic E-state index is 12.0. The largest absolute Gasteiger partial charge is 0.491 e. The lowest BCUT2D eigenvalue weighted by molar-refractivity contribution is -0.140. The Morgan fingerprint density at radius 3 is 2.52 bits per heavy atom. The Balaban J connectivity index is 2.26. The maximum absolute atomic E-state index is 12.0. The van der Waals surface area contributed by atoms with Gasteiger partial charge in [0.15, 0.2) is 22.2 Å². The van der Waals surface area contributed by atoms with Gasteiger partial charge in [-0.2, -0.15) is 4.98 Å². The Morgan fingerprint density at radius 1 is 1.14 bits per heavy atom. The van der Waals surface area contributed by atoms with E-state index in [1.165, 1.54) is 32.7 Å². The summed E-state index contributed by atoms with van der Waals surface area (Å²) in [6, 6.07) is 1.72. The summed E-state index contributed by atoms with van der Waals surface area (Å²) in [5.41, 5.74) is 0.416. The van der Waals surface area contributed by atoms with E-state index in [4.69, 9.17) is 9.47 Å². The number of hydrogen-bond donors (Lipinski definition) is 0. The number of carbonyl (C=O) groups excluding carboxylic acids is 2. The second-order valence-corrected chi connectivity index (χ2v) is 5.07. The van der Waals surface area contributed by atoms with Crippen LogP contribution in [-0.2, 0) is 9.53 Å². The van der Waals surface area contributed by atoms with Gasteiger partial charge in [-0.3, -0.25) is 9.59 Å². The number of ketones is 1. The standard InChI is InChI=1S/C13H14N2O5S/c1-18-8-6-9-11(14-12(8)20-3)15-13(21-9)7(16)4-5-10(17)19-2/h6H,4-5H2,1-3H3. The van der Waals surface area contributed by atoms with Crippen molar-refractivity contribution in [2.45, 2.75) is 12.8 Å². The van der Waals surface area contributed by atoms with Crippen molar-refractivity contribution in [3.8, 4) is 11.6 Å². The molecule has 0 aliphatic rings. The number of thiazole rings is 1. The van der Waals surface area contributed by atoms with E-state index >= 15 is 0 Å². The first-order chi connectivity index (χ1) is 10.1. The average molecular weight is 310 g/mol. The van der Waals surface area contributed by atoms with Crippen LogP contribution in [0.2, 0.25) is 0 Å². The summed E-state index contributed by atoms with van der Waals surface area (Å²) < 4.78 is 15.5. The molecule has 0 aliphatic heterocycles. The molecular weight excluding hydrogens is 296 g/mol. The number of nitrogens with zero attached hydrogens (tertiary/aromatic N) is 2. The highest BCUT2D eigenvalue weighted by Crippen LogP contribution is 2.32. The van der Waals surface area contributed by atoms with Gasteiger partial charge in [-0.1, -0.05) is 0 Å². The summed E-state index contributed by atoms with van der Waals surface area (Å²) in [5.74, 6) is 0.137. The molecule has 0 aliphatic carbocycles. The minimum atomic E-state index is -0.425. The number of carbonyl (C=O) groups is 2. The minimum absolute atomic E-state index is 0.0331. The van der Waals surface area contributed by atoms with E-state index in [1.807, 2.05) is 0 Å². The van der Waals surface area contributed by atoms with Gasteiger partial charge in [0.25, 0.3) is 5.88 Å². The molecule has 0 saturated carbocycles. The Hall–Kier alpha value is -2.22. The van der Waals surface area contributed by atoms with Crippen molar-refractivity contribution in [3.05, 3.63) is 11.1 Å². The molecule has 2 aromatic heterocycles. The van der Waals surface area contributed by atoms with Crippen LogP contribution in [-0.4, -0.2) is 43.0 Å². The third kappa shape index (κ3) is 3.27. The van der Waals surface area contributed by atoms with E-state index in [0.29, 0.717) is 27.0 Å². The Bertz CT molecular complexity index is 641. The monoisotopic (exact) mass is 310 g/mol. The van der Waals surface area contributed by atoms with Crippen molar-refractivity contribution in [2.24, 2.45) is 0 Å². The smallest absolute Gasteiger partial charge is 0.305 e. The van der Waals surface area contributed by atoms with E-state index in [1.54, 1.807) is 6.07 Å². The van der Waals surface area contributed by atoms with Gasteiger partial charge in [-0.05, 0) is 0 Å². The molecule has 2 rings (SSSR count). The Labute approximate surface area is 124 Å². The molecule has 0 amide bonds. The predicted octanol–water partition coefficient (Wildman–Crippen LogP) is 1.84. The second-order valence-electron chi connectivity index (χ2n) is 4.04. The Kier molecular flexibility index (Phi) is 4.69. The van der Waals surface area contributed by atoms with Crippen molar-refractivity contribution >= 4 is 33.4 Å². The van der Waals surface area contributed by atoms with Gasteiger partial charge in [-0.15, -0.1) is 11.3 Å². The molecule has 0 spiro atoms. The second kappa shape index (κ2) is 6.49. The van der Waals surface area contributed by atoms with Crippen LogP contribution in [0.1, 0.15) is 22.6 Å². The molecule has 0 aromatic carbocycles. The number of rotatable bonds is 6. The van der Waals surface area contributed by atoms with E-state index in [9.17, 15) is 9.59 Å². The molecule has 0 N–H and O–H groups in total. The van der Waals surface area contributed by atoms with Crippen molar-refractivity contribution in [3.63, 3.8) is 0 Å². The normalized spacial score (nSPS) is 10.4. The van der Waals surface area contributed by atoms with Crippen molar-refractivity contribution in [1.29, 1.82) is 0 Å². The number of methoxy groups -OCH3 is 3. The van der Waals surface area contributed by atoms with Gasteiger partial charge in [-0.25, -0.2) is 4.98 Å². The fourth-order valence-electron chi connectivity index (χ4n) is 1.67. The molecule has 2 aromatic rings. The van der Waals surface area contributed by atoms with Gasteiger partial charge >= 0.3 is 5.97 Å². The zero-order valence-corrected chi connectivity index (χ0v) is 12.7. The van der Waals surface area contributed by atoms with Crippen molar-refractivity contribution in [1.82, 2.24) is 9.97 Å². The Morgan fingerprint density at radius 2 is 1.90 bits per heavy atom. The molecule has 7 nitrogen and oxygen atoms in total. The van der Waals surface area contributed by atoms with Crippen LogP contribution in [0, 0.1) is 0 Å². The lowest BCUT2D eigenvalue weighted by Crippen LogP contribution is -2.05. The molecule has 8 heteroatoms. The van der Waals surface area contributed by atoms with Crippen LogP contribution in [0.3, 0.4) is 0 Å². The zero-order chi connectivity index (χ0) is 15.4. The number of hydrogen-bond acceptors (Lipinski definition) is 8. The third-order valence-electron chi connectivity index (χ3n) is 2.75. The first-order valence-electron chi connectivity index (χ1n) is 6.08. The van der Waals surface area contributed by atoms with E-state index < -0.39 is 5.97 Å². The zero-order valence-electron chi connectivity index (χ0n) is 11.8. The van der Waals surface area contributed by atoms with Crippen LogP contribution >= 0.6 is 11.3 Å². The number of Topliss-reactive ketones (excluding diaryl/α,β-unsaturated/α-hetero) is 1. The van der Waals surface area contributed by atoms with Crippen molar-refractivity contribution < 1.29 is 23.8 Å². The highest BCUT2D eigenvalue weighted by atomic mass is 32.1. The van der Waals surface area contributed by atoms with Gasteiger partial charge < -0.3 is 14.2 Å². The van der Waals surface area contributed by atoms with Gasteiger partial charge in [0.1, 0.15) is 0 Å². The minimum Gasteiger partial charge on any atom is -0.491 e. The number of aromatic nitrogens is 2. The average Bonchev–Trinajstić information content (AvgIpc) is 2.93. The molecule has 2 heterocycles. The molecule has 0 saturated heterocycles. The topological polar surface area (TPSA) is 87.6 Å². The fourth-order valence-corrected chi connectivity index (χ4v) is 2.57. The van der Waals surface area contributed by atoms with E-state index in [0.717, 1.165) is 0 Å². The number of esters is 1. The molecule has 0 bridgehead atoms. The fraction of sp³-hybridized carbons (Fsp3) is 0.385. The van der Waals surface area contributed by atoms with Crippen LogP contribution in [0.4, 0.5) is 0 Å². The summed E-state index contributed by atoms with van der Waals surface area (Å²) in [6.07, 6.45) is 0.0894. The molecule has 0 unspecified atom stereocenters. The summed E-state index contributed by atoms with van der Waals surface area (Å²) in [4.78, 5) is 31.4. The van der Waals surface area contributed by atoms with Crippen molar-refractivity contribution in [2.75, 3.05) is 21.3 Å². The summed E-state index contributed by atoms with van der Waals surface area (Å²) in [6.45, 7) is 0. The van der Waals surface area contributed by atoms with E-state index in [2.05, 4.69) is 14.7 Å². The molecule has 112 valence electrons. The first-order valence-corrected chi connectivity index (χ1v) is 6.90. The van der Waals surface area contributed by atoms with Gasteiger partial charge in [0, 0.05) is 12.5 Å². The van der Waals surface area contributed by atoms with E-state index in [-0.39, 0.29) is 18.6 Å². The third-order valence-corrected chi connectivity index (χ3v) is 3.78. The van der Waals surface area contributed by atoms with Crippen LogP contribution in [0.5, 0.6) is 11.6 Å². The predicted molar refractivity (Wildman–Crippen MR) is 76.1 cm³/mol. The van der Waals surface area contributed by atoms with Crippen LogP contribution in [0.25, 0.3) is 10.3 Å². The SMILES string of the molecule is COC(=O)CCC(=O)c1nc2nc(OC)c(OC)cc2s1. The number of fused-ring (bicyclic) bond motifs is 1.